The molecule has 0 bridgehead atoms. The van der Waals surface area contributed by atoms with E-state index in [4.69, 9.17) is 0 Å². The molecule has 5 nitrogen and oxygen atoms in total. The van der Waals surface area contributed by atoms with E-state index in [2.05, 4.69) is 23.4 Å². The molecule has 0 aliphatic rings. The van der Waals surface area contributed by atoms with Crippen molar-refractivity contribution in [3.8, 4) is 0 Å². The Morgan fingerprint density at radius 3 is 2.82 bits per heavy atom. The van der Waals surface area contributed by atoms with Crippen LogP contribution in [0.1, 0.15) is 32.1 Å². The molecule has 0 saturated carbocycles. The fraction of sp³-hybridized carbons (Fsp3) is 0.417. The van der Waals surface area contributed by atoms with E-state index in [-0.39, 0.29) is 5.69 Å². The first-order valence-electron chi connectivity index (χ1n) is 5.67. The molecular formula is C12H15N3O2. The van der Waals surface area contributed by atoms with Gasteiger partial charge < -0.3 is 4.57 Å². The zero-order valence-electron chi connectivity index (χ0n) is 10.2. The summed E-state index contributed by atoms with van der Waals surface area (Å²) in [7, 11) is 0. The number of nitrogens with zero attached hydrogens (tertiary/aromatic N) is 3. The third kappa shape index (κ3) is 1.88. The summed E-state index contributed by atoms with van der Waals surface area (Å²) in [4.78, 5) is 14.7. The SMILES string of the molecule is CCC(C)n1c(C)nc2cc([N+](=O)[O-])ccc21. The number of aromatic nitrogens is 2. The highest BCUT2D eigenvalue weighted by atomic mass is 16.6. The minimum atomic E-state index is -0.392. The Kier molecular flexibility index (Phi) is 2.83. The van der Waals surface area contributed by atoms with Gasteiger partial charge in [-0.25, -0.2) is 4.98 Å². The Bertz CT molecular complexity index is 574. The summed E-state index contributed by atoms with van der Waals surface area (Å²) in [6.07, 6.45) is 1.00. The molecule has 1 aromatic heterocycles. The second-order valence-electron chi connectivity index (χ2n) is 4.22. The Morgan fingerprint density at radius 2 is 2.24 bits per heavy atom. The molecule has 0 fully saturated rings. The molecule has 17 heavy (non-hydrogen) atoms. The number of nitro groups is 1. The first-order chi connectivity index (χ1) is 8.04. The maximum Gasteiger partial charge on any atom is 0.271 e. The largest absolute Gasteiger partial charge is 0.325 e. The number of aryl methyl sites for hydroxylation is 1. The summed E-state index contributed by atoms with van der Waals surface area (Å²) in [6, 6.07) is 5.19. The van der Waals surface area contributed by atoms with E-state index < -0.39 is 4.92 Å². The Morgan fingerprint density at radius 1 is 1.53 bits per heavy atom. The Hall–Kier alpha value is -1.91. The van der Waals surface area contributed by atoms with Crippen molar-refractivity contribution in [2.24, 2.45) is 0 Å². The summed E-state index contributed by atoms with van der Waals surface area (Å²) in [5.74, 6) is 0.898. The Balaban J connectivity index is 2.64. The van der Waals surface area contributed by atoms with E-state index >= 15 is 0 Å². The van der Waals surface area contributed by atoms with Crippen LogP contribution >= 0.6 is 0 Å². The lowest BCUT2D eigenvalue weighted by atomic mass is 10.2. The number of rotatable bonds is 3. The van der Waals surface area contributed by atoms with Crippen molar-refractivity contribution < 1.29 is 4.92 Å². The lowest BCUT2D eigenvalue weighted by Gasteiger charge is -2.13. The minimum Gasteiger partial charge on any atom is -0.325 e. The van der Waals surface area contributed by atoms with Crippen molar-refractivity contribution in [3.63, 3.8) is 0 Å². The number of hydrogen-bond donors (Lipinski definition) is 0. The summed E-state index contributed by atoms with van der Waals surface area (Å²) in [6.45, 7) is 6.16. The van der Waals surface area contributed by atoms with E-state index in [0.29, 0.717) is 11.6 Å². The molecule has 1 atom stereocenters. The average molecular weight is 233 g/mol. The summed E-state index contributed by atoms with van der Waals surface area (Å²) in [5.41, 5.74) is 1.74. The highest BCUT2D eigenvalue weighted by molar-refractivity contribution is 5.78. The van der Waals surface area contributed by atoms with E-state index in [9.17, 15) is 10.1 Å². The number of nitro benzene ring substituents is 1. The smallest absolute Gasteiger partial charge is 0.271 e. The van der Waals surface area contributed by atoms with Gasteiger partial charge in [-0.05, 0) is 26.3 Å². The maximum atomic E-state index is 10.7. The van der Waals surface area contributed by atoms with Crippen molar-refractivity contribution >= 4 is 16.7 Å². The molecule has 0 amide bonds. The predicted octanol–water partition coefficient (Wildman–Crippen LogP) is 3.22. The quantitative estimate of drug-likeness (QED) is 0.604. The first kappa shape index (κ1) is 11.6. The van der Waals surface area contributed by atoms with Gasteiger partial charge >= 0.3 is 0 Å². The van der Waals surface area contributed by atoms with Gasteiger partial charge in [0, 0.05) is 18.2 Å². The van der Waals surface area contributed by atoms with Crippen molar-refractivity contribution in [2.75, 3.05) is 0 Å². The molecule has 0 spiro atoms. The molecular weight excluding hydrogens is 218 g/mol. The zero-order chi connectivity index (χ0) is 12.6. The fourth-order valence-corrected chi connectivity index (χ4v) is 2.06. The molecule has 90 valence electrons. The minimum absolute atomic E-state index is 0.0892. The van der Waals surface area contributed by atoms with Gasteiger partial charge in [-0.15, -0.1) is 0 Å². The zero-order valence-corrected chi connectivity index (χ0v) is 10.2. The number of fused-ring (bicyclic) bond motifs is 1. The second-order valence-corrected chi connectivity index (χ2v) is 4.22. The van der Waals surface area contributed by atoms with Crippen LogP contribution in [0.4, 0.5) is 5.69 Å². The van der Waals surface area contributed by atoms with Crippen LogP contribution < -0.4 is 0 Å². The maximum absolute atomic E-state index is 10.7. The summed E-state index contributed by atoms with van der Waals surface area (Å²) >= 11 is 0. The molecule has 1 unspecified atom stereocenters. The average Bonchev–Trinajstić information content (AvgIpc) is 2.62. The van der Waals surface area contributed by atoms with Gasteiger partial charge in [-0.3, -0.25) is 10.1 Å². The second kappa shape index (κ2) is 4.16. The lowest BCUT2D eigenvalue weighted by molar-refractivity contribution is -0.384. The topological polar surface area (TPSA) is 61.0 Å². The van der Waals surface area contributed by atoms with Crippen molar-refractivity contribution in [1.29, 1.82) is 0 Å². The van der Waals surface area contributed by atoms with E-state index in [1.807, 2.05) is 6.92 Å². The lowest BCUT2D eigenvalue weighted by Crippen LogP contribution is -2.05. The van der Waals surface area contributed by atoms with Crippen LogP contribution in [0.15, 0.2) is 18.2 Å². The van der Waals surface area contributed by atoms with E-state index in [1.54, 1.807) is 6.07 Å². The van der Waals surface area contributed by atoms with Gasteiger partial charge in [-0.2, -0.15) is 0 Å². The normalized spacial score (nSPS) is 12.9. The molecule has 1 aromatic carbocycles. The summed E-state index contributed by atoms with van der Waals surface area (Å²) < 4.78 is 2.12. The molecule has 0 N–H and O–H groups in total. The van der Waals surface area contributed by atoms with Gasteiger partial charge in [0.1, 0.15) is 5.82 Å². The van der Waals surface area contributed by atoms with Crippen molar-refractivity contribution in [3.05, 3.63) is 34.1 Å². The molecule has 0 aliphatic heterocycles. The molecule has 5 heteroatoms. The Labute approximate surface area is 99.2 Å². The van der Waals surface area contributed by atoms with Crippen LogP contribution in [0.3, 0.4) is 0 Å². The van der Waals surface area contributed by atoms with Crippen LogP contribution in [0.2, 0.25) is 0 Å². The first-order valence-corrected chi connectivity index (χ1v) is 5.67. The van der Waals surface area contributed by atoms with Gasteiger partial charge in [0.2, 0.25) is 0 Å². The standard InChI is InChI=1S/C12H15N3O2/c1-4-8(2)14-9(3)13-11-7-10(15(16)17)5-6-12(11)14/h5-8H,4H2,1-3H3. The third-order valence-electron chi connectivity index (χ3n) is 3.09. The molecule has 2 rings (SSSR count). The van der Waals surface area contributed by atoms with Gasteiger partial charge in [0.15, 0.2) is 0 Å². The molecule has 0 aliphatic carbocycles. The third-order valence-corrected chi connectivity index (χ3v) is 3.09. The van der Waals surface area contributed by atoms with Crippen LogP contribution in [0.5, 0.6) is 0 Å². The number of hydrogen-bond acceptors (Lipinski definition) is 3. The van der Waals surface area contributed by atoms with Crippen LogP contribution in [0, 0.1) is 17.0 Å². The van der Waals surface area contributed by atoms with Crippen molar-refractivity contribution in [1.82, 2.24) is 9.55 Å². The van der Waals surface area contributed by atoms with Crippen molar-refractivity contribution in [2.45, 2.75) is 33.2 Å². The monoisotopic (exact) mass is 233 g/mol. The number of non-ortho nitro benzene ring substituents is 1. The molecule has 1 heterocycles. The fourth-order valence-electron chi connectivity index (χ4n) is 2.06. The van der Waals surface area contributed by atoms with E-state index in [1.165, 1.54) is 12.1 Å². The summed E-state index contributed by atoms with van der Waals surface area (Å²) in [5, 5.41) is 10.7. The van der Waals surface area contributed by atoms with Crippen LogP contribution in [-0.4, -0.2) is 14.5 Å². The molecule has 0 radical (unpaired) electrons. The van der Waals surface area contributed by atoms with Gasteiger partial charge in [-0.1, -0.05) is 6.92 Å². The van der Waals surface area contributed by atoms with Crippen LogP contribution in [-0.2, 0) is 0 Å². The molecule has 0 saturated heterocycles. The number of imidazole rings is 1. The number of benzene rings is 1. The predicted molar refractivity (Wildman–Crippen MR) is 66.1 cm³/mol. The van der Waals surface area contributed by atoms with Gasteiger partial charge in [0.25, 0.3) is 5.69 Å². The highest BCUT2D eigenvalue weighted by Gasteiger charge is 2.14. The van der Waals surface area contributed by atoms with Gasteiger partial charge in [0.05, 0.1) is 16.0 Å². The highest BCUT2D eigenvalue weighted by Crippen LogP contribution is 2.25. The van der Waals surface area contributed by atoms with Crippen LogP contribution in [0.25, 0.3) is 11.0 Å². The van der Waals surface area contributed by atoms with E-state index in [0.717, 1.165) is 17.8 Å². The molecule has 2 aromatic rings.